The second-order valence-corrected chi connectivity index (χ2v) is 22.9. The van der Waals surface area contributed by atoms with Gasteiger partial charge in [0.05, 0.1) is 0 Å². The molecule has 3 rings (SSSR count). The van der Waals surface area contributed by atoms with Gasteiger partial charge < -0.3 is 0 Å². The number of fused-ring (bicyclic) bond motifs is 1. The first kappa shape index (κ1) is 28.7. The summed E-state index contributed by atoms with van der Waals surface area (Å²) in [5.41, 5.74) is 8.22. The van der Waals surface area contributed by atoms with Crippen LogP contribution in [0.15, 0.2) is 24.3 Å². The highest BCUT2D eigenvalue weighted by molar-refractivity contribution is 7.97. The molecule has 0 nitrogen and oxygen atoms in total. The van der Waals surface area contributed by atoms with Gasteiger partial charge in [0.25, 0.3) is 0 Å². The highest BCUT2D eigenvalue weighted by Crippen LogP contribution is 2.54. The maximum atomic E-state index is 2.67. The average molecular weight is 509 g/mol. The monoisotopic (exact) mass is 508 g/mol. The van der Waals surface area contributed by atoms with Crippen molar-refractivity contribution in [3.05, 3.63) is 52.1 Å². The summed E-state index contributed by atoms with van der Waals surface area (Å²) in [5.74, 6) is 1.63. The van der Waals surface area contributed by atoms with Crippen LogP contribution in [0.1, 0.15) is 149 Å². The van der Waals surface area contributed by atoms with Crippen LogP contribution in [0.3, 0.4) is 0 Å². The van der Waals surface area contributed by atoms with Gasteiger partial charge in [-0.2, -0.15) is 0 Å². The molecule has 0 aromatic heterocycles. The predicted molar refractivity (Wildman–Crippen MR) is 165 cm³/mol. The van der Waals surface area contributed by atoms with E-state index in [1.165, 1.54) is 11.1 Å². The van der Waals surface area contributed by atoms with E-state index in [1.54, 1.807) is 32.4 Å². The first-order chi connectivity index (χ1) is 15.7. The van der Waals surface area contributed by atoms with Gasteiger partial charge in [0.15, 0.2) is 7.74 Å². The van der Waals surface area contributed by atoms with Gasteiger partial charge in [-0.25, -0.2) is 0 Å². The Morgan fingerprint density at radius 1 is 0.629 bits per heavy atom. The fraction of sp³-hybridized carbons (Fsp3) is 0.636. The summed E-state index contributed by atoms with van der Waals surface area (Å²) in [6, 6.07) is 10.4. The number of benzene rings is 2. The van der Waals surface area contributed by atoms with E-state index in [2.05, 4.69) is 128 Å². The maximum Gasteiger partial charge on any atom is 0.151 e. The molecule has 0 bridgehead atoms. The van der Waals surface area contributed by atoms with Crippen molar-refractivity contribution in [3.63, 3.8) is 0 Å². The van der Waals surface area contributed by atoms with Crippen LogP contribution in [-0.2, 0) is 10.8 Å². The molecular formula is C33H53PSi. The molecule has 2 unspecified atom stereocenters. The van der Waals surface area contributed by atoms with E-state index < -0.39 is 7.74 Å². The van der Waals surface area contributed by atoms with Crippen molar-refractivity contribution in [2.24, 2.45) is 0 Å². The zero-order valence-corrected chi connectivity index (χ0v) is 27.5. The van der Waals surface area contributed by atoms with Crippen LogP contribution in [0.2, 0.25) is 5.04 Å². The molecule has 0 saturated heterocycles. The van der Waals surface area contributed by atoms with Gasteiger partial charge in [0.1, 0.15) is 0 Å². The van der Waals surface area contributed by atoms with Gasteiger partial charge in [-0.1, -0.05) is 136 Å². The van der Waals surface area contributed by atoms with E-state index in [-0.39, 0.29) is 15.9 Å². The molecule has 2 aromatic rings. The molecule has 2 aromatic carbocycles. The van der Waals surface area contributed by atoms with Gasteiger partial charge in [-0.15, -0.1) is 0 Å². The topological polar surface area (TPSA) is 0 Å². The van der Waals surface area contributed by atoms with Crippen molar-refractivity contribution < 1.29 is 0 Å². The molecule has 1 heterocycles. The van der Waals surface area contributed by atoms with Crippen molar-refractivity contribution in [1.29, 1.82) is 0 Å². The van der Waals surface area contributed by atoms with E-state index in [9.17, 15) is 0 Å². The van der Waals surface area contributed by atoms with Crippen molar-refractivity contribution in [2.75, 3.05) is 0 Å². The fourth-order valence-corrected chi connectivity index (χ4v) is 17.1. The molecule has 2 atom stereocenters. The summed E-state index contributed by atoms with van der Waals surface area (Å²) in [5, 5.41) is 5.50. The molecule has 0 radical (unpaired) electrons. The fourth-order valence-electron chi connectivity index (χ4n) is 5.84. The zero-order valence-electron chi connectivity index (χ0n) is 25.5. The quantitative estimate of drug-likeness (QED) is 0.286. The zero-order chi connectivity index (χ0) is 26.9. The van der Waals surface area contributed by atoms with Crippen LogP contribution in [0.25, 0.3) is 0 Å². The highest BCUT2D eigenvalue weighted by atomic mass is 31.3. The van der Waals surface area contributed by atoms with E-state index in [0.717, 1.165) is 8.13 Å². The van der Waals surface area contributed by atoms with Crippen LogP contribution >= 0.6 is 8.13 Å². The molecule has 0 N–H and O–H groups in total. The molecule has 2 heteroatoms. The Balaban J connectivity index is 2.53. The Morgan fingerprint density at radius 2 is 1.11 bits per heavy atom. The number of hydrogen-bond donors (Lipinski definition) is 0. The van der Waals surface area contributed by atoms with Gasteiger partial charge in [0.2, 0.25) is 0 Å². The highest BCUT2D eigenvalue weighted by Gasteiger charge is 2.58. The van der Waals surface area contributed by atoms with Gasteiger partial charge in [0, 0.05) is 0 Å². The lowest BCUT2D eigenvalue weighted by atomic mass is 9.80. The Hall–Kier alpha value is -0.913. The molecule has 0 fully saturated rings. The Bertz CT molecular complexity index is 1070. The van der Waals surface area contributed by atoms with Gasteiger partial charge in [-0.05, 0) is 77.1 Å². The molecule has 194 valence electrons. The third-order valence-electron chi connectivity index (χ3n) is 8.16. The van der Waals surface area contributed by atoms with Crippen molar-refractivity contribution >= 4 is 31.5 Å². The molecule has 0 saturated carbocycles. The Kier molecular flexibility index (Phi) is 7.47. The van der Waals surface area contributed by atoms with E-state index >= 15 is 0 Å². The van der Waals surface area contributed by atoms with Crippen LogP contribution in [0.4, 0.5) is 0 Å². The molecular weight excluding hydrogens is 455 g/mol. The summed E-state index contributed by atoms with van der Waals surface area (Å²) in [4.78, 5) is 0. The summed E-state index contributed by atoms with van der Waals surface area (Å²) >= 11 is 0. The number of rotatable bonds is 4. The van der Waals surface area contributed by atoms with Crippen molar-refractivity contribution in [3.8, 4) is 0 Å². The molecule has 35 heavy (non-hydrogen) atoms. The van der Waals surface area contributed by atoms with Crippen molar-refractivity contribution in [2.45, 2.75) is 137 Å². The summed E-state index contributed by atoms with van der Waals surface area (Å²) in [6.07, 6.45) is 0. The van der Waals surface area contributed by atoms with Crippen LogP contribution < -0.4 is 15.7 Å². The summed E-state index contributed by atoms with van der Waals surface area (Å²) in [7, 11) is -1.06. The Morgan fingerprint density at radius 3 is 1.46 bits per heavy atom. The first-order valence-corrected chi connectivity index (χ1v) is 17.9. The van der Waals surface area contributed by atoms with Crippen molar-refractivity contribution in [1.82, 2.24) is 0 Å². The standard InChI is InChI=1S/C33H53PSi/c1-20(2)23-16-25(21(3)4)30(26(17-23)22(5)6)35(33(13,14)15)28-19-24(31(7,8)9)18-27(29(28)34-35)32(10,11)12/h16-22,34H,1-15H3. The lowest BCUT2D eigenvalue weighted by molar-refractivity contribution is 0.571. The van der Waals surface area contributed by atoms with E-state index in [0.29, 0.717) is 17.8 Å². The minimum absolute atomic E-state index is 0.148. The molecule has 0 aliphatic carbocycles. The van der Waals surface area contributed by atoms with Gasteiger partial charge in [-0.3, -0.25) is 0 Å². The normalized spacial score (nSPS) is 19.6. The maximum absolute atomic E-state index is 2.67. The number of hydrogen-bond acceptors (Lipinski definition) is 0. The minimum Gasteiger partial charge on any atom is -0.0918 e. The second kappa shape index (κ2) is 9.13. The largest absolute Gasteiger partial charge is 0.151 e. The predicted octanol–water partition coefficient (Wildman–Crippen LogP) is 8.83. The van der Waals surface area contributed by atoms with Crippen LogP contribution in [0.5, 0.6) is 0 Å². The van der Waals surface area contributed by atoms with E-state index in [4.69, 9.17) is 0 Å². The van der Waals surface area contributed by atoms with E-state index in [1.807, 2.05) is 0 Å². The van der Waals surface area contributed by atoms with Crippen LogP contribution in [-0.4, -0.2) is 7.74 Å². The lowest BCUT2D eigenvalue weighted by Crippen LogP contribution is -2.74. The smallest absolute Gasteiger partial charge is 0.0918 e. The third-order valence-corrected chi connectivity index (χ3v) is 20.0. The molecule has 1 aliphatic rings. The third kappa shape index (κ3) is 4.86. The molecule has 0 spiro atoms. The Labute approximate surface area is 220 Å². The SMILES string of the molecule is CC(C)c1cc(C(C)C)c([Si]2(C(C)(C)C)Pc3c(C(C)(C)C)cc(C(C)(C)C)cc32)c(C(C)C)c1. The lowest BCUT2D eigenvalue weighted by Gasteiger charge is -2.55. The summed E-state index contributed by atoms with van der Waals surface area (Å²) < 4.78 is 0. The van der Waals surface area contributed by atoms with Crippen LogP contribution in [0, 0.1) is 0 Å². The average Bonchev–Trinajstić information content (AvgIpc) is 2.65. The minimum atomic E-state index is -2.01. The molecule has 0 amide bonds. The second-order valence-electron chi connectivity index (χ2n) is 15.1. The summed E-state index contributed by atoms with van der Waals surface area (Å²) in [6.45, 7) is 36.5. The first-order valence-electron chi connectivity index (χ1n) is 13.9. The molecule has 1 aliphatic heterocycles. The van der Waals surface area contributed by atoms with Gasteiger partial charge >= 0.3 is 0 Å².